The summed E-state index contributed by atoms with van der Waals surface area (Å²) in [5.74, 6) is -4.16. The minimum Gasteiger partial charge on any atom is -0.481 e. The summed E-state index contributed by atoms with van der Waals surface area (Å²) in [6.07, 6.45) is -4.03. The zero-order chi connectivity index (χ0) is 11.4. The van der Waals surface area contributed by atoms with Crippen molar-refractivity contribution < 1.29 is 23.1 Å². The Morgan fingerprint density at radius 2 is 2.00 bits per heavy atom. The molecule has 2 unspecified atom stereocenters. The Bertz CT molecular complexity index is 194. The van der Waals surface area contributed by atoms with Crippen LogP contribution >= 0.6 is 0 Å². The van der Waals surface area contributed by atoms with Crippen molar-refractivity contribution in [3.63, 3.8) is 0 Å². The molecule has 0 bridgehead atoms. The average Bonchev–Trinajstić information content (AvgIpc) is 2.01. The maximum Gasteiger partial charge on any atom is 0.403 e. The SMILES string of the molecule is CCC(C)NCC(C(=O)O)C(F)(F)F. The molecule has 0 spiro atoms. The fraction of sp³-hybridized carbons (Fsp3) is 0.875. The highest BCUT2D eigenvalue weighted by molar-refractivity contribution is 5.71. The van der Waals surface area contributed by atoms with E-state index in [0.717, 1.165) is 0 Å². The van der Waals surface area contributed by atoms with Crippen LogP contribution in [0.5, 0.6) is 0 Å². The summed E-state index contributed by atoms with van der Waals surface area (Å²) in [7, 11) is 0. The first-order chi connectivity index (χ1) is 6.29. The second-order valence-corrected chi connectivity index (χ2v) is 3.15. The number of carboxylic acid groups (broad SMARTS) is 1. The summed E-state index contributed by atoms with van der Waals surface area (Å²) in [6.45, 7) is 2.93. The number of hydrogen-bond acceptors (Lipinski definition) is 2. The van der Waals surface area contributed by atoms with E-state index in [1.54, 1.807) is 13.8 Å². The normalized spacial score (nSPS) is 16.4. The Morgan fingerprint density at radius 3 is 2.29 bits per heavy atom. The van der Waals surface area contributed by atoms with Crippen LogP contribution < -0.4 is 5.32 Å². The summed E-state index contributed by atoms with van der Waals surface area (Å²) in [6, 6.07) is -0.112. The van der Waals surface area contributed by atoms with Gasteiger partial charge >= 0.3 is 12.1 Å². The van der Waals surface area contributed by atoms with Gasteiger partial charge in [0.15, 0.2) is 5.92 Å². The van der Waals surface area contributed by atoms with Gasteiger partial charge < -0.3 is 10.4 Å². The standard InChI is InChI=1S/C8H14F3NO2/c1-3-5(2)12-4-6(7(13)14)8(9,10)11/h5-6,12H,3-4H2,1-2H3,(H,13,14). The summed E-state index contributed by atoms with van der Waals surface area (Å²) in [5, 5.41) is 10.9. The molecule has 0 rings (SSSR count). The monoisotopic (exact) mass is 213 g/mol. The van der Waals surface area contributed by atoms with Gasteiger partial charge in [0.2, 0.25) is 0 Å². The highest BCUT2D eigenvalue weighted by Crippen LogP contribution is 2.25. The van der Waals surface area contributed by atoms with Crippen LogP contribution in [-0.2, 0) is 4.79 Å². The number of halogens is 3. The molecule has 0 aromatic rings. The Balaban J connectivity index is 4.19. The molecule has 0 heterocycles. The number of nitrogens with one attached hydrogen (secondary N) is 1. The molecule has 0 aliphatic heterocycles. The highest BCUT2D eigenvalue weighted by atomic mass is 19.4. The van der Waals surface area contributed by atoms with Gasteiger partial charge in [-0.2, -0.15) is 13.2 Å². The van der Waals surface area contributed by atoms with Gasteiger partial charge in [0, 0.05) is 12.6 Å². The zero-order valence-electron chi connectivity index (χ0n) is 8.06. The molecule has 0 saturated carbocycles. The Kier molecular flexibility index (Phi) is 4.90. The minimum absolute atomic E-state index is 0.112. The largest absolute Gasteiger partial charge is 0.481 e. The minimum atomic E-state index is -4.69. The van der Waals surface area contributed by atoms with Gasteiger partial charge in [-0.25, -0.2) is 0 Å². The lowest BCUT2D eigenvalue weighted by Gasteiger charge is -2.19. The van der Waals surface area contributed by atoms with Gasteiger partial charge in [0.05, 0.1) is 0 Å². The van der Waals surface area contributed by atoms with E-state index in [2.05, 4.69) is 5.32 Å². The summed E-state index contributed by atoms with van der Waals surface area (Å²) in [4.78, 5) is 10.3. The van der Waals surface area contributed by atoms with Crippen LogP contribution in [0.4, 0.5) is 13.2 Å². The van der Waals surface area contributed by atoms with Crippen molar-refractivity contribution >= 4 is 5.97 Å². The molecular formula is C8H14F3NO2. The third kappa shape index (κ3) is 4.45. The van der Waals surface area contributed by atoms with Crippen molar-refractivity contribution in [1.82, 2.24) is 5.32 Å². The first-order valence-corrected chi connectivity index (χ1v) is 4.32. The Labute approximate surface area is 80.3 Å². The molecule has 0 radical (unpaired) electrons. The van der Waals surface area contributed by atoms with Gasteiger partial charge in [-0.15, -0.1) is 0 Å². The molecule has 0 aromatic carbocycles. The van der Waals surface area contributed by atoms with Gasteiger partial charge in [-0.05, 0) is 13.3 Å². The Morgan fingerprint density at radius 1 is 1.50 bits per heavy atom. The third-order valence-electron chi connectivity index (χ3n) is 1.98. The molecule has 0 amide bonds. The number of carboxylic acids is 1. The number of hydrogen-bond donors (Lipinski definition) is 2. The molecular weight excluding hydrogens is 199 g/mol. The van der Waals surface area contributed by atoms with Crippen LogP contribution in [-0.4, -0.2) is 29.8 Å². The molecule has 0 fully saturated rings. The topological polar surface area (TPSA) is 49.3 Å². The van der Waals surface area contributed by atoms with Crippen LogP contribution in [0.15, 0.2) is 0 Å². The molecule has 2 N–H and O–H groups in total. The first-order valence-electron chi connectivity index (χ1n) is 4.32. The number of rotatable bonds is 5. The second kappa shape index (κ2) is 5.19. The van der Waals surface area contributed by atoms with Crippen molar-refractivity contribution in [3.05, 3.63) is 0 Å². The van der Waals surface area contributed by atoms with E-state index in [0.29, 0.717) is 6.42 Å². The third-order valence-corrected chi connectivity index (χ3v) is 1.98. The second-order valence-electron chi connectivity index (χ2n) is 3.15. The summed E-state index contributed by atoms with van der Waals surface area (Å²) in [5.41, 5.74) is 0. The number of alkyl halides is 3. The van der Waals surface area contributed by atoms with E-state index in [4.69, 9.17) is 5.11 Å². The van der Waals surface area contributed by atoms with E-state index < -0.39 is 24.6 Å². The van der Waals surface area contributed by atoms with Crippen molar-refractivity contribution in [2.75, 3.05) is 6.54 Å². The summed E-state index contributed by atoms with van der Waals surface area (Å²) < 4.78 is 36.3. The highest BCUT2D eigenvalue weighted by Gasteiger charge is 2.44. The van der Waals surface area contributed by atoms with Crippen LogP contribution in [0.25, 0.3) is 0 Å². The molecule has 84 valence electrons. The maximum atomic E-state index is 12.1. The van der Waals surface area contributed by atoms with Crippen molar-refractivity contribution in [2.45, 2.75) is 32.5 Å². The van der Waals surface area contributed by atoms with Crippen LogP contribution in [0.2, 0.25) is 0 Å². The maximum absolute atomic E-state index is 12.1. The van der Waals surface area contributed by atoms with E-state index >= 15 is 0 Å². The predicted molar refractivity (Wildman–Crippen MR) is 44.9 cm³/mol. The Hall–Kier alpha value is -0.780. The molecule has 0 aliphatic rings. The van der Waals surface area contributed by atoms with Gasteiger partial charge in [0.25, 0.3) is 0 Å². The summed E-state index contributed by atoms with van der Waals surface area (Å²) >= 11 is 0. The van der Waals surface area contributed by atoms with Crippen LogP contribution in [0.1, 0.15) is 20.3 Å². The van der Waals surface area contributed by atoms with E-state index in [9.17, 15) is 18.0 Å². The van der Waals surface area contributed by atoms with E-state index in [1.165, 1.54) is 0 Å². The first kappa shape index (κ1) is 13.2. The smallest absolute Gasteiger partial charge is 0.403 e. The fourth-order valence-electron chi connectivity index (χ4n) is 0.806. The quantitative estimate of drug-likeness (QED) is 0.729. The number of carbonyl (C=O) groups is 1. The predicted octanol–water partition coefficient (Wildman–Crippen LogP) is 1.64. The van der Waals surface area contributed by atoms with Crippen molar-refractivity contribution in [1.29, 1.82) is 0 Å². The van der Waals surface area contributed by atoms with Gasteiger partial charge in [-0.1, -0.05) is 6.92 Å². The zero-order valence-corrected chi connectivity index (χ0v) is 8.06. The molecule has 14 heavy (non-hydrogen) atoms. The van der Waals surface area contributed by atoms with E-state index in [-0.39, 0.29) is 6.04 Å². The van der Waals surface area contributed by atoms with Crippen molar-refractivity contribution in [2.24, 2.45) is 5.92 Å². The molecule has 3 nitrogen and oxygen atoms in total. The number of aliphatic carboxylic acids is 1. The van der Waals surface area contributed by atoms with Crippen molar-refractivity contribution in [3.8, 4) is 0 Å². The lowest BCUT2D eigenvalue weighted by molar-refractivity contribution is -0.192. The lowest BCUT2D eigenvalue weighted by atomic mass is 10.1. The fourth-order valence-corrected chi connectivity index (χ4v) is 0.806. The molecule has 0 saturated heterocycles. The lowest BCUT2D eigenvalue weighted by Crippen LogP contribution is -2.41. The van der Waals surface area contributed by atoms with Gasteiger partial charge in [0.1, 0.15) is 0 Å². The van der Waals surface area contributed by atoms with Gasteiger partial charge in [-0.3, -0.25) is 4.79 Å². The van der Waals surface area contributed by atoms with Crippen LogP contribution in [0, 0.1) is 5.92 Å². The van der Waals surface area contributed by atoms with E-state index in [1.807, 2.05) is 0 Å². The molecule has 6 heteroatoms. The molecule has 0 aliphatic carbocycles. The molecule has 0 aromatic heterocycles. The van der Waals surface area contributed by atoms with Crippen LogP contribution in [0.3, 0.4) is 0 Å². The molecule has 2 atom stereocenters. The average molecular weight is 213 g/mol.